The predicted molar refractivity (Wildman–Crippen MR) is 85.5 cm³/mol. The van der Waals surface area contributed by atoms with Crippen LogP contribution in [0, 0.1) is 0 Å². The van der Waals surface area contributed by atoms with Crippen molar-refractivity contribution in [2.24, 2.45) is 0 Å². The zero-order chi connectivity index (χ0) is 16.2. The zero-order valence-electron chi connectivity index (χ0n) is 12.9. The van der Waals surface area contributed by atoms with Gasteiger partial charge in [0.1, 0.15) is 5.75 Å². The van der Waals surface area contributed by atoms with Crippen molar-refractivity contribution in [3.8, 4) is 23.0 Å². The Hall–Kier alpha value is -2.95. The molecule has 0 saturated heterocycles. The van der Waals surface area contributed by atoms with Crippen molar-refractivity contribution in [3.05, 3.63) is 53.6 Å². The first-order chi connectivity index (χ1) is 11.2. The van der Waals surface area contributed by atoms with Crippen LogP contribution in [0.4, 0.5) is 0 Å². The molecule has 0 aliphatic carbocycles. The van der Waals surface area contributed by atoms with Crippen LogP contribution in [-0.2, 0) is 0 Å². The highest BCUT2D eigenvalue weighted by Crippen LogP contribution is 2.41. The lowest BCUT2D eigenvalue weighted by Crippen LogP contribution is -1.96. The van der Waals surface area contributed by atoms with Crippen molar-refractivity contribution < 1.29 is 23.7 Å². The molecule has 0 N–H and O–H groups in total. The third-order valence-electron chi connectivity index (χ3n) is 3.49. The van der Waals surface area contributed by atoms with Gasteiger partial charge in [0.05, 0.1) is 14.2 Å². The highest BCUT2D eigenvalue weighted by molar-refractivity contribution is 6.07. The lowest BCUT2D eigenvalue weighted by molar-refractivity contribution is 0.104. The third kappa shape index (κ3) is 3.13. The van der Waals surface area contributed by atoms with E-state index < -0.39 is 0 Å². The summed E-state index contributed by atoms with van der Waals surface area (Å²) in [6, 6.07) is 10.7. The molecular weight excluding hydrogens is 296 g/mol. The maximum absolute atomic E-state index is 12.3. The quantitative estimate of drug-likeness (QED) is 0.626. The number of ketones is 1. The van der Waals surface area contributed by atoms with Crippen molar-refractivity contribution in [2.75, 3.05) is 21.0 Å². The normalized spacial score (nSPS) is 12.4. The van der Waals surface area contributed by atoms with Gasteiger partial charge in [0.25, 0.3) is 0 Å². The molecule has 2 aromatic rings. The van der Waals surface area contributed by atoms with Gasteiger partial charge in [-0.3, -0.25) is 4.79 Å². The second-order valence-electron chi connectivity index (χ2n) is 4.88. The molecule has 0 aromatic heterocycles. The molecule has 0 fully saturated rings. The maximum atomic E-state index is 12.3. The Morgan fingerprint density at radius 3 is 2.57 bits per heavy atom. The average molecular weight is 312 g/mol. The number of carbonyl (C=O) groups excluding carboxylic acids is 1. The van der Waals surface area contributed by atoms with Crippen molar-refractivity contribution in [2.45, 2.75) is 0 Å². The molecule has 3 rings (SSSR count). The minimum absolute atomic E-state index is 0.130. The predicted octanol–water partition coefficient (Wildman–Crippen LogP) is 3.33. The fraction of sp³-hybridized carbons (Fsp3) is 0.167. The highest BCUT2D eigenvalue weighted by Gasteiger charge is 2.21. The molecule has 0 bridgehead atoms. The Morgan fingerprint density at radius 2 is 1.87 bits per heavy atom. The Balaban J connectivity index is 1.81. The number of allylic oxidation sites excluding steroid dienone is 1. The lowest BCUT2D eigenvalue weighted by Gasteiger charge is -2.06. The molecule has 0 unspecified atom stereocenters. The van der Waals surface area contributed by atoms with Gasteiger partial charge in [-0.2, -0.15) is 0 Å². The number of fused-ring (bicyclic) bond motifs is 1. The number of hydrogen-bond acceptors (Lipinski definition) is 5. The van der Waals surface area contributed by atoms with Crippen LogP contribution in [0.1, 0.15) is 15.9 Å². The van der Waals surface area contributed by atoms with Crippen LogP contribution in [-0.4, -0.2) is 26.8 Å². The van der Waals surface area contributed by atoms with Gasteiger partial charge in [-0.1, -0.05) is 18.2 Å². The van der Waals surface area contributed by atoms with Crippen molar-refractivity contribution in [1.82, 2.24) is 0 Å². The summed E-state index contributed by atoms with van der Waals surface area (Å²) >= 11 is 0. The van der Waals surface area contributed by atoms with Gasteiger partial charge in [-0.05, 0) is 35.9 Å². The van der Waals surface area contributed by atoms with Gasteiger partial charge in [0, 0.05) is 5.56 Å². The molecule has 1 aliphatic rings. The van der Waals surface area contributed by atoms with Gasteiger partial charge in [-0.15, -0.1) is 0 Å². The van der Waals surface area contributed by atoms with Crippen LogP contribution in [0.2, 0.25) is 0 Å². The fourth-order valence-electron chi connectivity index (χ4n) is 2.26. The molecule has 0 atom stereocenters. The van der Waals surface area contributed by atoms with E-state index in [-0.39, 0.29) is 12.6 Å². The average Bonchev–Trinajstić information content (AvgIpc) is 3.07. The molecule has 5 heteroatoms. The minimum atomic E-state index is -0.141. The molecule has 23 heavy (non-hydrogen) atoms. The third-order valence-corrected chi connectivity index (χ3v) is 3.49. The fourth-order valence-corrected chi connectivity index (χ4v) is 2.26. The first-order valence-electron chi connectivity index (χ1n) is 7.05. The molecule has 1 aliphatic heterocycles. The van der Waals surface area contributed by atoms with Gasteiger partial charge in [0.15, 0.2) is 17.3 Å². The SMILES string of the molecule is COc1ccc(/C=C/C(=O)c2cc(OC)c3c(c2)OCO3)cc1. The summed E-state index contributed by atoms with van der Waals surface area (Å²) in [5, 5.41) is 0. The Kier molecular flexibility index (Phi) is 4.19. The molecule has 0 amide bonds. The zero-order valence-corrected chi connectivity index (χ0v) is 12.9. The van der Waals surface area contributed by atoms with E-state index >= 15 is 0 Å². The largest absolute Gasteiger partial charge is 0.497 e. The summed E-state index contributed by atoms with van der Waals surface area (Å²) in [7, 11) is 3.14. The van der Waals surface area contributed by atoms with Crippen molar-refractivity contribution in [3.63, 3.8) is 0 Å². The number of methoxy groups -OCH3 is 2. The van der Waals surface area contributed by atoms with Gasteiger partial charge in [0.2, 0.25) is 12.5 Å². The number of benzene rings is 2. The first-order valence-corrected chi connectivity index (χ1v) is 7.05. The number of carbonyl (C=O) groups is 1. The molecule has 0 spiro atoms. The summed E-state index contributed by atoms with van der Waals surface area (Å²) in [6.07, 6.45) is 3.26. The second-order valence-corrected chi connectivity index (χ2v) is 4.88. The molecule has 1 heterocycles. The van der Waals surface area contributed by atoms with Gasteiger partial charge >= 0.3 is 0 Å². The van der Waals surface area contributed by atoms with E-state index in [1.165, 1.54) is 13.2 Å². The van der Waals surface area contributed by atoms with Crippen molar-refractivity contribution >= 4 is 11.9 Å². The van der Waals surface area contributed by atoms with Gasteiger partial charge < -0.3 is 18.9 Å². The summed E-state index contributed by atoms with van der Waals surface area (Å²) < 4.78 is 21.0. The van der Waals surface area contributed by atoms with E-state index in [1.54, 1.807) is 25.3 Å². The standard InChI is InChI=1S/C18H16O5/c1-20-14-6-3-12(4-7-14)5-8-15(19)13-9-16(21-2)18-17(10-13)22-11-23-18/h3-10H,11H2,1-2H3/b8-5+. The van der Waals surface area contributed by atoms with Crippen LogP contribution in [0.5, 0.6) is 23.0 Å². The van der Waals surface area contributed by atoms with Crippen LogP contribution in [0.3, 0.4) is 0 Å². The summed E-state index contributed by atoms with van der Waals surface area (Å²) in [5.41, 5.74) is 1.39. The Bertz CT molecular complexity index is 747. The summed E-state index contributed by atoms with van der Waals surface area (Å²) in [6.45, 7) is 0.130. The monoisotopic (exact) mass is 312 g/mol. The summed E-state index contributed by atoms with van der Waals surface area (Å²) in [4.78, 5) is 12.3. The first kappa shape index (κ1) is 15.0. The maximum Gasteiger partial charge on any atom is 0.231 e. The summed E-state index contributed by atoms with van der Waals surface area (Å²) in [5.74, 6) is 2.17. The second kappa shape index (κ2) is 6.44. The van der Waals surface area contributed by atoms with Crippen LogP contribution in [0.15, 0.2) is 42.5 Å². The van der Waals surface area contributed by atoms with Crippen LogP contribution < -0.4 is 18.9 Å². The topological polar surface area (TPSA) is 54.0 Å². The number of rotatable bonds is 5. The molecule has 2 aromatic carbocycles. The van der Waals surface area contributed by atoms with Gasteiger partial charge in [-0.25, -0.2) is 0 Å². The smallest absolute Gasteiger partial charge is 0.231 e. The number of hydrogen-bond donors (Lipinski definition) is 0. The Labute approximate surface area is 134 Å². The molecule has 0 radical (unpaired) electrons. The molecule has 0 saturated carbocycles. The molecular formula is C18H16O5. The van der Waals surface area contributed by atoms with E-state index in [0.29, 0.717) is 22.8 Å². The van der Waals surface area contributed by atoms with E-state index in [4.69, 9.17) is 18.9 Å². The van der Waals surface area contributed by atoms with E-state index in [1.807, 2.05) is 24.3 Å². The molecule has 118 valence electrons. The van der Waals surface area contributed by atoms with Crippen LogP contribution in [0.25, 0.3) is 6.08 Å². The lowest BCUT2D eigenvalue weighted by atomic mass is 10.1. The highest BCUT2D eigenvalue weighted by atomic mass is 16.7. The van der Waals surface area contributed by atoms with Crippen LogP contribution >= 0.6 is 0 Å². The van der Waals surface area contributed by atoms with E-state index in [0.717, 1.165) is 11.3 Å². The number of ether oxygens (including phenoxy) is 4. The van der Waals surface area contributed by atoms with Crippen molar-refractivity contribution in [1.29, 1.82) is 0 Å². The van der Waals surface area contributed by atoms with E-state index in [9.17, 15) is 4.79 Å². The molecule has 5 nitrogen and oxygen atoms in total. The minimum Gasteiger partial charge on any atom is -0.497 e. The Morgan fingerprint density at radius 1 is 1.09 bits per heavy atom. The van der Waals surface area contributed by atoms with E-state index in [2.05, 4.69) is 0 Å².